The van der Waals surface area contributed by atoms with E-state index in [-0.39, 0.29) is 11.6 Å². The summed E-state index contributed by atoms with van der Waals surface area (Å²) in [4.78, 5) is 0. The molecule has 0 aliphatic carbocycles. The van der Waals surface area contributed by atoms with Gasteiger partial charge in [-0.2, -0.15) is 23.7 Å². The SMILES string of the molecule is Cc1nn(CCc2nnc(-c3ccnn3C(F)F)o2)c(C)c1Cl. The maximum atomic E-state index is 12.8. The van der Waals surface area contributed by atoms with Crippen molar-refractivity contribution in [2.24, 2.45) is 0 Å². The highest BCUT2D eigenvalue weighted by atomic mass is 35.5. The van der Waals surface area contributed by atoms with E-state index in [0.717, 1.165) is 11.4 Å². The highest BCUT2D eigenvalue weighted by molar-refractivity contribution is 6.31. The average molecular weight is 343 g/mol. The van der Waals surface area contributed by atoms with E-state index in [1.807, 2.05) is 13.8 Å². The quantitative estimate of drug-likeness (QED) is 0.712. The van der Waals surface area contributed by atoms with Crippen LogP contribution in [-0.4, -0.2) is 29.8 Å². The van der Waals surface area contributed by atoms with Crippen LogP contribution in [0.25, 0.3) is 11.6 Å². The van der Waals surface area contributed by atoms with Crippen molar-refractivity contribution in [1.82, 2.24) is 29.8 Å². The van der Waals surface area contributed by atoms with E-state index in [1.165, 1.54) is 12.3 Å². The number of hydrogen-bond acceptors (Lipinski definition) is 5. The van der Waals surface area contributed by atoms with Gasteiger partial charge in [-0.3, -0.25) is 4.68 Å². The summed E-state index contributed by atoms with van der Waals surface area (Å²) < 4.78 is 33.3. The van der Waals surface area contributed by atoms with Crippen LogP contribution < -0.4 is 0 Å². The molecule has 0 aliphatic rings. The van der Waals surface area contributed by atoms with E-state index in [9.17, 15) is 8.78 Å². The molecule has 0 aromatic carbocycles. The maximum absolute atomic E-state index is 12.8. The van der Waals surface area contributed by atoms with Crippen LogP contribution in [0.3, 0.4) is 0 Å². The minimum absolute atomic E-state index is 0.00389. The van der Waals surface area contributed by atoms with Crippen LogP contribution in [0.4, 0.5) is 8.78 Å². The van der Waals surface area contributed by atoms with Crippen LogP contribution >= 0.6 is 11.6 Å². The summed E-state index contributed by atoms with van der Waals surface area (Å²) in [6.07, 6.45) is 1.66. The predicted octanol–water partition coefficient (Wildman–Crippen LogP) is 3.04. The number of nitrogens with zero attached hydrogens (tertiary/aromatic N) is 6. The van der Waals surface area contributed by atoms with Crippen molar-refractivity contribution in [3.05, 3.63) is 34.6 Å². The summed E-state index contributed by atoms with van der Waals surface area (Å²) in [6.45, 7) is 1.41. The molecule has 0 N–H and O–H groups in total. The fraction of sp³-hybridized carbons (Fsp3) is 0.385. The van der Waals surface area contributed by atoms with E-state index in [0.29, 0.717) is 28.6 Å². The second-order valence-corrected chi connectivity index (χ2v) is 5.28. The second kappa shape index (κ2) is 6.07. The zero-order valence-electron chi connectivity index (χ0n) is 12.4. The highest BCUT2D eigenvalue weighted by Gasteiger charge is 2.18. The maximum Gasteiger partial charge on any atom is 0.333 e. The van der Waals surface area contributed by atoms with Crippen LogP contribution in [0.1, 0.15) is 23.8 Å². The summed E-state index contributed by atoms with van der Waals surface area (Å²) >= 11 is 6.08. The van der Waals surface area contributed by atoms with Crippen LogP contribution in [-0.2, 0) is 13.0 Å². The first-order valence-electron chi connectivity index (χ1n) is 6.81. The van der Waals surface area contributed by atoms with Gasteiger partial charge in [0, 0.05) is 19.2 Å². The number of rotatable bonds is 5. The standard InChI is InChI=1S/C13H13ClF2N6O/c1-7-11(14)8(2)21(20-7)6-4-10-18-19-12(23-10)9-3-5-17-22(9)13(15)16/h3,5,13H,4,6H2,1-2H3. The van der Waals surface area contributed by atoms with Crippen molar-refractivity contribution in [2.45, 2.75) is 33.4 Å². The smallest absolute Gasteiger partial charge is 0.333 e. The zero-order valence-corrected chi connectivity index (χ0v) is 13.1. The Kier molecular flexibility index (Phi) is 4.12. The number of aromatic nitrogens is 6. The van der Waals surface area contributed by atoms with Crippen molar-refractivity contribution in [3.8, 4) is 11.6 Å². The number of halogens is 3. The molecular formula is C13H13ClF2N6O. The van der Waals surface area contributed by atoms with Crippen molar-refractivity contribution in [2.75, 3.05) is 0 Å². The first-order chi connectivity index (χ1) is 11.0. The molecule has 0 saturated heterocycles. The largest absolute Gasteiger partial charge is 0.419 e. The first kappa shape index (κ1) is 15.6. The van der Waals surface area contributed by atoms with Crippen molar-refractivity contribution < 1.29 is 13.2 Å². The molecule has 7 nitrogen and oxygen atoms in total. The average Bonchev–Trinajstić information content (AvgIpc) is 3.21. The van der Waals surface area contributed by atoms with Gasteiger partial charge in [0.15, 0.2) is 0 Å². The Bertz CT molecular complexity index is 824. The van der Waals surface area contributed by atoms with Gasteiger partial charge in [0.1, 0.15) is 5.69 Å². The van der Waals surface area contributed by atoms with Crippen LogP contribution in [0.5, 0.6) is 0 Å². The molecule has 0 radical (unpaired) electrons. The molecule has 0 spiro atoms. The third kappa shape index (κ3) is 2.96. The first-order valence-corrected chi connectivity index (χ1v) is 7.19. The molecule has 3 aromatic rings. The number of alkyl halides is 2. The summed E-state index contributed by atoms with van der Waals surface area (Å²) in [6, 6.07) is 1.39. The number of aryl methyl sites for hydroxylation is 3. The van der Waals surface area contributed by atoms with Gasteiger partial charge in [0.05, 0.1) is 16.4 Å². The van der Waals surface area contributed by atoms with E-state index >= 15 is 0 Å². The van der Waals surface area contributed by atoms with Gasteiger partial charge in [0.2, 0.25) is 5.89 Å². The normalized spacial score (nSPS) is 11.6. The molecule has 3 heterocycles. The van der Waals surface area contributed by atoms with Crippen LogP contribution in [0.15, 0.2) is 16.7 Å². The fourth-order valence-corrected chi connectivity index (χ4v) is 2.33. The second-order valence-electron chi connectivity index (χ2n) is 4.90. The van der Waals surface area contributed by atoms with Gasteiger partial charge in [-0.25, -0.2) is 0 Å². The molecule has 0 unspecified atom stereocenters. The molecule has 10 heteroatoms. The van der Waals surface area contributed by atoms with Gasteiger partial charge in [0.25, 0.3) is 5.89 Å². The fourth-order valence-electron chi connectivity index (χ4n) is 2.19. The molecule has 0 bridgehead atoms. The van der Waals surface area contributed by atoms with Gasteiger partial charge < -0.3 is 4.42 Å². The lowest BCUT2D eigenvalue weighted by Crippen LogP contribution is -2.05. The molecule has 3 rings (SSSR count). The lowest BCUT2D eigenvalue weighted by molar-refractivity contribution is 0.0579. The minimum Gasteiger partial charge on any atom is -0.419 e. The monoisotopic (exact) mass is 342 g/mol. The van der Waals surface area contributed by atoms with Crippen LogP contribution in [0, 0.1) is 13.8 Å². The third-order valence-electron chi connectivity index (χ3n) is 3.37. The molecule has 122 valence electrons. The Labute approximate surface area is 134 Å². The van der Waals surface area contributed by atoms with Crippen LogP contribution in [0.2, 0.25) is 5.02 Å². The Morgan fingerprint density at radius 2 is 2.09 bits per heavy atom. The van der Waals surface area contributed by atoms with Crippen molar-refractivity contribution >= 4 is 11.6 Å². The molecule has 0 atom stereocenters. The number of hydrogen-bond donors (Lipinski definition) is 0. The van der Waals surface area contributed by atoms with E-state index in [2.05, 4.69) is 20.4 Å². The molecule has 0 fully saturated rings. The molecule has 23 heavy (non-hydrogen) atoms. The Balaban J connectivity index is 1.75. The van der Waals surface area contributed by atoms with Gasteiger partial charge in [-0.05, 0) is 19.9 Å². The topological polar surface area (TPSA) is 74.6 Å². The molecule has 0 aliphatic heterocycles. The summed E-state index contributed by atoms with van der Waals surface area (Å²) in [5, 5.41) is 16.1. The Hall–Kier alpha value is -2.29. The molecule has 0 amide bonds. The highest BCUT2D eigenvalue weighted by Crippen LogP contribution is 2.23. The van der Waals surface area contributed by atoms with Gasteiger partial charge in [-0.1, -0.05) is 11.6 Å². The van der Waals surface area contributed by atoms with Crippen molar-refractivity contribution in [1.29, 1.82) is 0 Å². The summed E-state index contributed by atoms with van der Waals surface area (Å²) in [5.41, 5.74) is 1.67. The van der Waals surface area contributed by atoms with E-state index in [1.54, 1.807) is 4.68 Å². The zero-order chi connectivity index (χ0) is 16.6. The molecule has 0 saturated carbocycles. The third-order valence-corrected chi connectivity index (χ3v) is 3.92. The minimum atomic E-state index is -2.77. The lowest BCUT2D eigenvalue weighted by Gasteiger charge is -2.02. The molecule has 3 aromatic heterocycles. The summed E-state index contributed by atoms with van der Waals surface area (Å²) in [7, 11) is 0. The molecular weight excluding hydrogens is 330 g/mol. The summed E-state index contributed by atoms with van der Waals surface area (Å²) in [5.74, 6) is 0.329. The Morgan fingerprint density at radius 1 is 1.30 bits per heavy atom. The van der Waals surface area contributed by atoms with Gasteiger partial charge in [-0.15, -0.1) is 10.2 Å². The Morgan fingerprint density at radius 3 is 2.74 bits per heavy atom. The van der Waals surface area contributed by atoms with E-state index < -0.39 is 6.55 Å². The predicted molar refractivity (Wildman–Crippen MR) is 77.2 cm³/mol. The van der Waals surface area contributed by atoms with E-state index in [4.69, 9.17) is 16.0 Å². The van der Waals surface area contributed by atoms with Gasteiger partial charge >= 0.3 is 6.55 Å². The lowest BCUT2D eigenvalue weighted by atomic mass is 10.4. The van der Waals surface area contributed by atoms with Crippen molar-refractivity contribution in [3.63, 3.8) is 0 Å².